The van der Waals surface area contributed by atoms with Gasteiger partial charge in [0.25, 0.3) is 0 Å². The van der Waals surface area contributed by atoms with E-state index in [9.17, 15) is 33.6 Å². The van der Waals surface area contributed by atoms with E-state index in [0.717, 1.165) is 0 Å². The maximum atomic E-state index is 13.0. The van der Waals surface area contributed by atoms with Gasteiger partial charge in [0, 0.05) is 6.54 Å². The average molecular weight is 584 g/mol. The topological polar surface area (TPSA) is 229 Å². The minimum atomic E-state index is -1.23. The molecule has 1 aliphatic rings. The lowest BCUT2D eigenvalue weighted by Crippen LogP contribution is -2.56. The Balaban J connectivity index is 2.78. The number of carbonyl (C=O) groups excluding carboxylic acids is 6. The van der Waals surface area contributed by atoms with E-state index in [-0.39, 0.29) is 37.1 Å². The van der Waals surface area contributed by atoms with Crippen LogP contribution in [0.3, 0.4) is 0 Å². The molecule has 41 heavy (non-hydrogen) atoms. The van der Waals surface area contributed by atoms with Gasteiger partial charge in [-0.1, -0.05) is 27.7 Å². The summed E-state index contributed by atoms with van der Waals surface area (Å²) in [5.74, 6) is -4.63. The third kappa shape index (κ3) is 12.5. The second-order valence-corrected chi connectivity index (χ2v) is 10.9. The Kier molecular flexibility index (Phi) is 14.8. The minimum Gasteiger partial charge on any atom is -0.480 e. The van der Waals surface area contributed by atoms with E-state index in [1.54, 1.807) is 0 Å². The molecule has 0 spiro atoms. The van der Waals surface area contributed by atoms with Gasteiger partial charge in [0.15, 0.2) is 0 Å². The molecule has 0 radical (unpaired) electrons. The van der Waals surface area contributed by atoms with Gasteiger partial charge in [-0.2, -0.15) is 0 Å². The fourth-order valence-electron chi connectivity index (χ4n) is 4.36. The highest BCUT2D eigenvalue weighted by molar-refractivity contribution is 5.95. The van der Waals surface area contributed by atoms with Crippen LogP contribution in [0.5, 0.6) is 0 Å². The van der Waals surface area contributed by atoms with Crippen molar-refractivity contribution in [1.29, 1.82) is 0 Å². The van der Waals surface area contributed by atoms with Crippen molar-refractivity contribution in [2.75, 3.05) is 26.2 Å². The van der Waals surface area contributed by atoms with Crippen LogP contribution in [0.15, 0.2) is 0 Å². The number of hydrogen-bond donors (Lipinski definition) is 7. The molecule has 1 saturated heterocycles. The van der Waals surface area contributed by atoms with Crippen molar-refractivity contribution in [3.05, 3.63) is 0 Å². The first-order chi connectivity index (χ1) is 19.2. The number of aliphatic carboxylic acids is 1. The molecule has 0 aromatic rings. The Bertz CT molecular complexity index is 971. The van der Waals surface area contributed by atoms with Crippen molar-refractivity contribution >= 4 is 41.4 Å². The van der Waals surface area contributed by atoms with Gasteiger partial charge in [0.1, 0.15) is 30.7 Å². The first kappa shape index (κ1) is 35.3. The van der Waals surface area contributed by atoms with Gasteiger partial charge in [-0.15, -0.1) is 0 Å². The molecular weight excluding hydrogens is 538 g/mol. The number of likely N-dealkylation sites (tertiary alicyclic amines) is 1. The summed E-state index contributed by atoms with van der Waals surface area (Å²) in [6, 6.07) is -3.75. The zero-order chi connectivity index (χ0) is 31.3. The Morgan fingerprint density at radius 1 is 0.805 bits per heavy atom. The standard InChI is InChI=1S/C26H45N7O8/c1-14(2)9-17(32-26(41)19-7-6-8-33(19)21(35)11-27)24(39)28-12-20(34)31-18(10-15(3)4)25(40)30-16(5)23(38)29-13-22(36)37/h14-19H,6-13,27H2,1-5H3,(H,28,39)(H,29,38)(H,30,40)(H,31,34)(H,32,41)(H,36,37)/t16-,17-,18-,19-/m0/s1. The number of carboxylic acid groups (broad SMARTS) is 1. The van der Waals surface area contributed by atoms with E-state index in [2.05, 4.69) is 26.6 Å². The summed E-state index contributed by atoms with van der Waals surface area (Å²) in [5.41, 5.74) is 5.45. The fraction of sp³-hybridized carbons (Fsp3) is 0.731. The summed E-state index contributed by atoms with van der Waals surface area (Å²) in [5, 5.41) is 21.1. The van der Waals surface area contributed by atoms with Gasteiger partial charge in [0.2, 0.25) is 35.4 Å². The molecule has 0 saturated carbocycles. The number of nitrogens with one attached hydrogen (secondary N) is 5. The summed E-state index contributed by atoms with van der Waals surface area (Å²) >= 11 is 0. The lowest BCUT2D eigenvalue weighted by atomic mass is 10.0. The van der Waals surface area contributed by atoms with Crippen molar-refractivity contribution < 1.29 is 38.7 Å². The molecule has 8 N–H and O–H groups in total. The Labute approximate surface area is 240 Å². The Hall–Kier alpha value is -3.75. The lowest BCUT2D eigenvalue weighted by molar-refractivity contribution is -0.138. The van der Waals surface area contributed by atoms with Gasteiger partial charge in [-0.05, 0) is 44.4 Å². The summed E-state index contributed by atoms with van der Waals surface area (Å²) in [7, 11) is 0. The number of carbonyl (C=O) groups is 7. The highest BCUT2D eigenvalue weighted by Gasteiger charge is 2.35. The molecule has 4 atom stereocenters. The summed E-state index contributed by atoms with van der Waals surface area (Å²) < 4.78 is 0. The molecule has 0 bridgehead atoms. The van der Waals surface area contributed by atoms with Crippen LogP contribution in [0.2, 0.25) is 0 Å². The van der Waals surface area contributed by atoms with Crippen molar-refractivity contribution in [3.63, 3.8) is 0 Å². The third-order valence-corrected chi connectivity index (χ3v) is 6.34. The first-order valence-corrected chi connectivity index (χ1v) is 13.8. The van der Waals surface area contributed by atoms with Crippen LogP contribution in [0.1, 0.15) is 60.3 Å². The van der Waals surface area contributed by atoms with Gasteiger partial charge < -0.3 is 42.3 Å². The van der Waals surface area contributed by atoms with Gasteiger partial charge in [0.05, 0.1) is 13.1 Å². The third-order valence-electron chi connectivity index (χ3n) is 6.34. The zero-order valence-corrected chi connectivity index (χ0v) is 24.5. The van der Waals surface area contributed by atoms with Crippen LogP contribution < -0.4 is 32.3 Å². The minimum absolute atomic E-state index is 0.0104. The molecule has 1 fully saturated rings. The maximum Gasteiger partial charge on any atom is 0.322 e. The molecule has 232 valence electrons. The average Bonchev–Trinajstić information content (AvgIpc) is 3.38. The van der Waals surface area contributed by atoms with Crippen LogP contribution in [0.4, 0.5) is 0 Å². The predicted octanol–water partition coefficient (Wildman–Crippen LogP) is -2.18. The quantitative estimate of drug-likeness (QED) is 0.105. The van der Waals surface area contributed by atoms with E-state index < -0.39 is 72.8 Å². The van der Waals surface area contributed by atoms with Crippen molar-refractivity contribution in [1.82, 2.24) is 31.5 Å². The highest BCUT2D eigenvalue weighted by Crippen LogP contribution is 2.18. The monoisotopic (exact) mass is 583 g/mol. The van der Waals surface area contributed by atoms with Gasteiger partial charge in [-0.3, -0.25) is 33.6 Å². The van der Waals surface area contributed by atoms with Gasteiger partial charge in [-0.25, -0.2) is 0 Å². The van der Waals surface area contributed by atoms with Crippen LogP contribution >= 0.6 is 0 Å². The molecule has 0 unspecified atom stereocenters. The molecule has 6 amide bonds. The molecule has 0 aromatic heterocycles. The summed E-state index contributed by atoms with van der Waals surface area (Å²) in [6.45, 7) is 7.91. The second-order valence-electron chi connectivity index (χ2n) is 10.9. The van der Waals surface area contributed by atoms with Crippen LogP contribution in [-0.2, 0) is 33.6 Å². The molecule has 1 aliphatic heterocycles. The number of nitrogens with two attached hydrogens (primary N) is 1. The van der Waals surface area contributed by atoms with Crippen LogP contribution in [0.25, 0.3) is 0 Å². The Morgan fingerprint density at radius 2 is 1.37 bits per heavy atom. The molecule has 0 aromatic carbocycles. The zero-order valence-electron chi connectivity index (χ0n) is 24.5. The van der Waals surface area contributed by atoms with Crippen molar-refractivity contribution in [2.24, 2.45) is 17.6 Å². The van der Waals surface area contributed by atoms with E-state index >= 15 is 0 Å². The predicted molar refractivity (Wildman–Crippen MR) is 148 cm³/mol. The van der Waals surface area contributed by atoms with E-state index in [1.165, 1.54) is 11.8 Å². The van der Waals surface area contributed by atoms with Crippen LogP contribution in [-0.4, -0.2) is 102 Å². The van der Waals surface area contributed by atoms with Crippen molar-refractivity contribution in [2.45, 2.75) is 84.5 Å². The smallest absolute Gasteiger partial charge is 0.322 e. The summed E-state index contributed by atoms with van der Waals surface area (Å²) in [6.07, 6.45) is 1.62. The second kappa shape index (κ2) is 17.1. The van der Waals surface area contributed by atoms with Gasteiger partial charge >= 0.3 is 5.97 Å². The normalized spacial score (nSPS) is 16.9. The number of rotatable bonds is 16. The van der Waals surface area contributed by atoms with Crippen LogP contribution in [0, 0.1) is 11.8 Å². The number of nitrogens with zero attached hydrogens (tertiary/aromatic N) is 1. The fourth-order valence-corrected chi connectivity index (χ4v) is 4.36. The SMILES string of the molecule is CC(C)C[C@H](NC(=O)CNC(=O)[C@H](CC(C)C)NC(=O)[C@@H]1CCCN1C(=O)CN)C(=O)N[C@@H](C)C(=O)NCC(=O)O. The highest BCUT2D eigenvalue weighted by atomic mass is 16.4. The molecule has 15 heteroatoms. The molecule has 1 rings (SSSR count). The molecule has 0 aliphatic carbocycles. The molecule has 1 heterocycles. The number of hydrogen-bond acceptors (Lipinski definition) is 8. The summed E-state index contributed by atoms with van der Waals surface area (Å²) in [4.78, 5) is 87.5. The largest absolute Gasteiger partial charge is 0.480 e. The van der Waals surface area contributed by atoms with E-state index in [4.69, 9.17) is 10.8 Å². The van der Waals surface area contributed by atoms with E-state index in [1.807, 2.05) is 27.7 Å². The maximum absolute atomic E-state index is 13.0. The molecule has 15 nitrogen and oxygen atoms in total. The molecular formula is C26H45N7O8. The van der Waals surface area contributed by atoms with Crippen molar-refractivity contribution in [3.8, 4) is 0 Å². The Morgan fingerprint density at radius 3 is 1.90 bits per heavy atom. The van der Waals surface area contributed by atoms with E-state index in [0.29, 0.717) is 19.4 Å². The first-order valence-electron chi connectivity index (χ1n) is 13.8. The number of amides is 6. The number of carboxylic acids is 1. The lowest BCUT2D eigenvalue weighted by Gasteiger charge is -2.27.